The van der Waals surface area contributed by atoms with Gasteiger partial charge in [0, 0.05) is 18.7 Å². The summed E-state index contributed by atoms with van der Waals surface area (Å²) in [6, 6.07) is 2.46. The van der Waals surface area contributed by atoms with Gasteiger partial charge in [0.15, 0.2) is 0 Å². The summed E-state index contributed by atoms with van der Waals surface area (Å²) in [6.45, 7) is 1.10. The second kappa shape index (κ2) is 2.98. The minimum absolute atomic E-state index is 0.271. The molecule has 5 heteroatoms. The summed E-state index contributed by atoms with van der Waals surface area (Å²) in [5.74, 6) is 2.47. The molecule has 1 saturated heterocycles. The van der Waals surface area contributed by atoms with E-state index in [2.05, 4.69) is 14.9 Å². The number of rotatable bonds is 1. The predicted molar refractivity (Wildman–Crippen MR) is 59.3 cm³/mol. The monoisotopic (exact) mass is 205 g/mol. The number of fused-ring (bicyclic) bond motifs is 2. The van der Waals surface area contributed by atoms with E-state index in [1.165, 1.54) is 19.3 Å². The third kappa shape index (κ3) is 1.38. The molecule has 0 spiro atoms. The van der Waals surface area contributed by atoms with Crippen LogP contribution in [0.25, 0.3) is 0 Å². The Bertz CT molecular complexity index is 371. The normalized spacial score (nSPS) is 28.7. The Labute approximate surface area is 88.5 Å². The topological polar surface area (TPSA) is 81.1 Å². The quantitative estimate of drug-likeness (QED) is 0.702. The Morgan fingerprint density at radius 2 is 2.13 bits per heavy atom. The largest absolute Gasteiger partial charge is 0.383 e. The van der Waals surface area contributed by atoms with Gasteiger partial charge in [0.1, 0.15) is 11.6 Å². The molecule has 1 saturated carbocycles. The summed E-state index contributed by atoms with van der Waals surface area (Å²) in [6.07, 6.45) is 3.93. The van der Waals surface area contributed by atoms with Crippen molar-refractivity contribution in [2.45, 2.75) is 25.3 Å². The van der Waals surface area contributed by atoms with Crippen LogP contribution in [0, 0.1) is 5.92 Å². The van der Waals surface area contributed by atoms with Crippen LogP contribution in [-0.4, -0.2) is 22.6 Å². The predicted octanol–water partition coefficient (Wildman–Crippen LogP) is 0.630. The average molecular weight is 205 g/mol. The maximum absolute atomic E-state index is 5.67. The summed E-state index contributed by atoms with van der Waals surface area (Å²) in [7, 11) is 0. The van der Waals surface area contributed by atoms with Crippen LogP contribution in [0.3, 0.4) is 0 Å². The highest BCUT2D eigenvalue weighted by atomic mass is 15.3. The minimum Gasteiger partial charge on any atom is -0.383 e. The van der Waals surface area contributed by atoms with Crippen molar-refractivity contribution < 1.29 is 0 Å². The lowest BCUT2D eigenvalue weighted by Gasteiger charge is -2.28. The zero-order valence-corrected chi connectivity index (χ0v) is 8.56. The lowest BCUT2D eigenvalue weighted by atomic mass is 10.1. The Hall–Kier alpha value is -1.52. The smallest absolute Gasteiger partial charge is 0.223 e. The van der Waals surface area contributed by atoms with E-state index in [1.807, 2.05) is 6.07 Å². The number of hydrogen-bond donors (Lipinski definition) is 2. The van der Waals surface area contributed by atoms with Crippen LogP contribution in [0.4, 0.5) is 17.6 Å². The molecule has 2 heterocycles. The van der Waals surface area contributed by atoms with Gasteiger partial charge in [0.05, 0.1) is 0 Å². The van der Waals surface area contributed by atoms with E-state index in [0.29, 0.717) is 11.9 Å². The third-order valence-electron chi connectivity index (χ3n) is 3.45. The molecule has 1 aromatic heterocycles. The van der Waals surface area contributed by atoms with Gasteiger partial charge in [-0.3, -0.25) is 0 Å². The molecule has 4 N–H and O–H groups in total. The molecule has 2 bridgehead atoms. The van der Waals surface area contributed by atoms with Crippen molar-refractivity contribution in [3.05, 3.63) is 6.07 Å². The minimum atomic E-state index is 0.271. The van der Waals surface area contributed by atoms with Crippen LogP contribution >= 0.6 is 0 Å². The molecule has 1 aromatic rings. The number of nitrogens with zero attached hydrogens (tertiary/aromatic N) is 3. The first-order valence-electron chi connectivity index (χ1n) is 5.39. The fraction of sp³-hybridized carbons (Fsp3) is 0.600. The van der Waals surface area contributed by atoms with Crippen LogP contribution in [0.5, 0.6) is 0 Å². The van der Waals surface area contributed by atoms with Gasteiger partial charge in [-0.1, -0.05) is 0 Å². The average Bonchev–Trinajstić information content (AvgIpc) is 2.76. The van der Waals surface area contributed by atoms with Crippen molar-refractivity contribution >= 4 is 17.6 Å². The van der Waals surface area contributed by atoms with Gasteiger partial charge in [0.2, 0.25) is 5.95 Å². The van der Waals surface area contributed by atoms with E-state index in [0.717, 1.165) is 18.3 Å². The maximum Gasteiger partial charge on any atom is 0.223 e. The van der Waals surface area contributed by atoms with Gasteiger partial charge in [-0.15, -0.1) is 0 Å². The zero-order chi connectivity index (χ0) is 10.4. The number of piperidine rings is 1. The molecular weight excluding hydrogens is 190 g/mol. The van der Waals surface area contributed by atoms with Crippen LogP contribution in [-0.2, 0) is 0 Å². The summed E-state index contributed by atoms with van der Waals surface area (Å²) < 4.78 is 0. The van der Waals surface area contributed by atoms with Crippen LogP contribution in [0.2, 0.25) is 0 Å². The van der Waals surface area contributed by atoms with E-state index >= 15 is 0 Å². The Morgan fingerprint density at radius 3 is 2.73 bits per heavy atom. The van der Waals surface area contributed by atoms with Crippen molar-refractivity contribution in [2.24, 2.45) is 5.92 Å². The van der Waals surface area contributed by atoms with Crippen LogP contribution in [0.1, 0.15) is 19.3 Å². The molecule has 80 valence electrons. The first-order valence-corrected chi connectivity index (χ1v) is 5.39. The molecule has 2 aliphatic rings. The molecule has 15 heavy (non-hydrogen) atoms. The molecule has 1 aliphatic carbocycles. The molecule has 3 rings (SSSR count). The van der Waals surface area contributed by atoms with Crippen LogP contribution < -0.4 is 16.4 Å². The number of hydrogen-bond acceptors (Lipinski definition) is 5. The third-order valence-corrected chi connectivity index (χ3v) is 3.45. The highest BCUT2D eigenvalue weighted by Crippen LogP contribution is 2.39. The van der Waals surface area contributed by atoms with E-state index in [-0.39, 0.29) is 5.95 Å². The molecular formula is C10H15N5. The molecule has 2 unspecified atom stereocenters. The first-order chi connectivity index (χ1) is 7.22. The maximum atomic E-state index is 5.67. The highest BCUT2D eigenvalue weighted by Gasteiger charge is 2.38. The highest BCUT2D eigenvalue weighted by molar-refractivity contribution is 5.52. The second-order valence-corrected chi connectivity index (χ2v) is 4.49. The number of anilines is 3. The summed E-state index contributed by atoms with van der Waals surface area (Å²) in [5.41, 5.74) is 11.3. The SMILES string of the molecule is Nc1cc(N2CC3CCC2C3)nc(N)n1. The van der Waals surface area contributed by atoms with Gasteiger partial charge in [0.25, 0.3) is 0 Å². The van der Waals surface area contributed by atoms with Crippen molar-refractivity contribution in [3.63, 3.8) is 0 Å². The van der Waals surface area contributed by atoms with Crippen molar-refractivity contribution in [1.82, 2.24) is 9.97 Å². The van der Waals surface area contributed by atoms with Crippen molar-refractivity contribution in [3.8, 4) is 0 Å². The molecule has 2 fully saturated rings. The molecule has 5 nitrogen and oxygen atoms in total. The van der Waals surface area contributed by atoms with E-state index in [4.69, 9.17) is 11.5 Å². The fourth-order valence-corrected chi connectivity index (χ4v) is 2.82. The number of nitrogen functional groups attached to an aromatic ring is 2. The fourth-order valence-electron chi connectivity index (χ4n) is 2.82. The lowest BCUT2D eigenvalue weighted by Crippen LogP contribution is -2.32. The lowest BCUT2D eigenvalue weighted by molar-refractivity contribution is 0.550. The molecule has 0 amide bonds. The van der Waals surface area contributed by atoms with Gasteiger partial charge < -0.3 is 16.4 Å². The Balaban J connectivity index is 1.93. The summed E-state index contributed by atoms with van der Waals surface area (Å²) >= 11 is 0. The van der Waals surface area contributed by atoms with E-state index in [9.17, 15) is 0 Å². The van der Waals surface area contributed by atoms with Crippen molar-refractivity contribution in [1.29, 1.82) is 0 Å². The van der Waals surface area contributed by atoms with Gasteiger partial charge in [-0.05, 0) is 25.2 Å². The molecule has 0 radical (unpaired) electrons. The van der Waals surface area contributed by atoms with Gasteiger partial charge >= 0.3 is 0 Å². The van der Waals surface area contributed by atoms with E-state index < -0.39 is 0 Å². The Kier molecular flexibility index (Phi) is 1.74. The van der Waals surface area contributed by atoms with Crippen molar-refractivity contribution in [2.75, 3.05) is 22.9 Å². The number of nitrogens with two attached hydrogens (primary N) is 2. The summed E-state index contributed by atoms with van der Waals surface area (Å²) in [5, 5.41) is 0. The van der Waals surface area contributed by atoms with Crippen LogP contribution in [0.15, 0.2) is 6.07 Å². The Morgan fingerprint density at radius 1 is 1.27 bits per heavy atom. The standard InChI is InChI=1S/C10H15N5/c11-8-4-9(14-10(12)13-8)15-5-6-1-2-7(15)3-6/h4,6-7H,1-3,5H2,(H4,11,12,13,14). The summed E-state index contributed by atoms with van der Waals surface area (Å²) in [4.78, 5) is 10.5. The molecule has 2 atom stereocenters. The zero-order valence-electron chi connectivity index (χ0n) is 8.56. The van der Waals surface area contributed by atoms with E-state index in [1.54, 1.807) is 0 Å². The second-order valence-electron chi connectivity index (χ2n) is 4.49. The van der Waals surface area contributed by atoms with Gasteiger partial charge in [-0.25, -0.2) is 0 Å². The van der Waals surface area contributed by atoms with Gasteiger partial charge in [-0.2, -0.15) is 9.97 Å². The molecule has 1 aliphatic heterocycles. The first kappa shape index (κ1) is 8.76. The number of aromatic nitrogens is 2. The molecule has 0 aromatic carbocycles.